The van der Waals surface area contributed by atoms with Gasteiger partial charge in [0.15, 0.2) is 0 Å². The first-order valence-electron chi connectivity index (χ1n) is 10.4. The van der Waals surface area contributed by atoms with Crippen LogP contribution >= 0.6 is 23.2 Å². The molecule has 0 aromatic heterocycles. The van der Waals surface area contributed by atoms with E-state index < -0.39 is 23.1 Å². The van der Waals surface area contributed by atoms with E-state index in [1.54, 1.807) is 0 Å². The van der Waals surface area contributed by atoms with E-state index in [0.717, 1.165) is 16.3 Å². The molecule has 1 aliphatic rings. The molecule has 1 saturated heterocycles. The number of carbonyl (C=O) groups excluding carboxylic acids is 1. The maximum atomic E-state index is 12.6. The summed E-state index contributed by atoms with van der Waals surface area (Å²) in [5.41, 5.74) is 6.93. The fourth-order valence-corrected chi connectivity index (χ4v) is 4.67. The molecule has 1 aliphatic heterocycles. The molecule has 8 heteroatoms. The number of hydrogen-bond donors (Lipinski definition) is 1. The second-order valence-corrected chi connectivity index (χ2v) is 9.98. The van der Waals surface area contributed by atoms with Crippen LogP contribution in [0.15, 0.2) is 24.3 Å². The highest BCUT2D eigenvalue weighted by atomic mass is 35.5. The summed E-state index contributed by atoms with van der Waals surface area (Å²) in [6, 6.07) is 7.14. The summed E-state index contributed by atoms with van der Waals surface area (Å²) >= 11 is 11.7. The van der Waals surface area contributed by atoms with Crippen molar-refractivity contribution in [2.45, 2.75) is 70.2 Å². The van der Waals surface area contributed by atoms with E-state index in [4.69, 9.17) is 33.7 Å². The molecule has 1 aromatic carbocycles. The van der Waals surface area contributed by atoms with Crippen molar-refractivity contribution in [3.8, 4) is 0 Å². The number of benzene rings is 1. The molecular formula is C22H34Cl2N3O3. The Morgan fingerprint density at radius 2 is 1.63 bits per heavy atom. The zero-order valence-corrected chi connectivity index (χ0v) is 19.9. The third-order valence-electron chi connectivity index (χ3n) is 5.61. The first-order chi connectivity index (χ1) is 14.0. The summed E-state index contributed by atoms with van der Waals surface area (Å²) in [6.07, 6.45) is 1.05. The van der Waals surface area contributed by atoms with Crippen molar-refractivity contribution in [1.29, 1.82) is 0 Å². The monoisotopic (exact) mass is 458 g/mol. The number of hydroxylamine groups is 2. The quantitative estimate of drug-likeness (QED) is 0.450. The number of nitrogens with two attached hydrogens (primary N) is 1. The Morgan fingerprint density at radius 3 is 2.10 bits per heavy atom. The number of halogens is 2. The van der Waals surface area contributed by atoms with Gasteiger partial charge in [0.2, 0.25) is 0 Å². The van der Waals surface area contributed by atoms with Gasteiger partial charge in [0.1, 0.15) is 12.1 Å². The van der Waals surface area contributed by atoms with Crippen molar-refractivity contribution in [2.75, 3.05) is 29.7 Å². The van der Waals surface area contributed by atoms with Crippen molar-refractivity contribution in [2.24, 2.45) is 5.73 Å². The van der Waals surface area contributed by atoms with E-state index in [-0.39, 0.29) is 6.10 Å². The predicted molar refractivity (Wildman–Crippen MR) is 122 cm³/mol. The lowest BCUT2D eigenvalue weighted by Crippen LogP contribution is -2.60. The molecule has 0 spiro atoms. The first-order valence-corrected chi connectivity index (χ1v) is 11.5. The molecule has 0 saturated carbocycles. The maximum absolute atomic E-state index is 12.6. The van der Waals surface area contributed by atoms with Crippen LogP contribution in [0, 0.1) is 0 Å². The van der Waals surface area contributed by atoms with Crippen molar-refractivity contribution in [3.05, 3.63) is 29.8 Å². The highest BCUT2D eigenvalue weighted by Crippen LogP contribution is 2.38. The Labute approximate surface area is 190 Å². The van der Waals surface area contributed by atoms with Gasteiger partial charge in [-0.1, -0.05) is 12.1 Å². The molecule has 6 nitrogen and oxygen atoms in total. The van der Waals surface area contributed by atoms with Crippen LogP contribution < -0.4 is 10.6 Å². The van der Waals surface area contributed by atoms with Crippen LogP contribution in [-0.4, -0.2) is 59.1 Å². The van der Waals surface area contributed by atoms with Gasteiger partial charge in [-0.3, -0.25) is 4.79 Å². The minimum absolute atomic E-state index is 0.319. The number of alkyl halides is 2. The molecule has 169 valence electrons. The second kappa shape index (κ2) is 10.5. The molecule has 2 rings (SSSR count). The summed E-state index contributed by atoms with van der Waals surface area (Å²) < 4.78 is 5.70. The number of rotatable bonds is 9. The average molecular weight is 459 g/mol. The Kier molecular flexibility index (Phi) is 8.83. The topological polar surface area (TPSA) is 78.7 Å². The van der Waals surface area contributed by atoms with Gasteiger partial charge in [0, 0.05) is 54.5 Å². The van der Waals surface area contributed by atoms with Gasteiger partial charge in [-0.2, -0.15) is 0 Å². The molecular weight excluding hydrogens is 425 g/mol. The molecule has 2 N–H and O–H groups in total. The predicted octanol–water partition coefficient (Wildman–Crippen LogP) is 3.75. The molecule has 0 bridgehead atoms. The number of nitrogens with zero attached hydrogens (tertiary/aromatic N) is 2. The van der Waals surface area contributed by atoms with Crippen LogP contribution in [0.2, 0.25) is 0 Å². The summed E-state index contributed by atoms with van der Waals surface area (Å²) in [6.45, 7) is 8.94. The summed E-state index contributed by atoms with van der Waals surface area (Å²) in [5, 5.41) is 13.6. The van der Waals surface area contributed by atoms with Crippen LogP contribution in [0.5, 0.6) is 0 Å². The molecule has 1 heterocycles. The standard InChI is InChI=1S/C22H34Cl2N3O3/c1-21(2)14-18(15-22(3,4)27(21)29)30-20(28)19(25)13-16-5-7-17(8-6-16)26(11-9-23)12-10-24/h5-8,18-19H,9-15,25H2,1-4H3. The van der Waals surface area contributed by atoms with Gasteiger partial charge >= 0.3 is 5.97 Å². The minimum atomic E-state index is -0.755. The third-order valence-corrected chi connectivity index (χ3v) is 5.94. The number of carbonyl (C=O) groups is 1. The van der Waals surface area contributed by atoms with Crippen molar-refractivity contribution >= 4 is 34.9 Å². The van der Waals surface area contributed by atoms with Gasteiger partial charge in [-0.15, -0.1) is 33.5 Å². The fourth-order valence-electron chi connectivity index (χ4n) is 4.26. The Bertz CT molecular complexity index is 673. The SMILES string of the molecule is CC1(C)CC(OC(=O)C(N)Cc2ccc(N(CCCl)CCCl)cc2)CC(C)(C)N1[O]. The summed E-state index contributed by atoms with van der Waals surface area (Å²) in [4.78, 5) is 14.7. The number of ether oxygens (including phenoxy) is 1. The Balaban J connectivity index is 1.96. The molecule has 0 amide bonds. The second-order valence-electron chi connectivity index (χ2n) is 9.23. The normalized spacial score (nSPS) is 20.0. The van der Waals surface area contributed by atoms with E-state index in [1.807, 2.05) is 52.0 Å². The van der Waals surface area contributed by atoms with Gasteiger partial charge in [0.25, 0.3) is 0 Å². The van der Waals surface area contributed by atoms with Crippen LogP contribution in [0.25, 0.3) is 0 Å². The summed E-state index contributed by atoms with van der Waals surface area (Å²) in [7, 11) is 0. The largest absolute Gasteiger partial charge is 0.461 e. The zero-order valence-electron chi connectivity index (χ0n) is 18.4. The van der Waals surface area contributed by atoms with E-state index in [9.17, 15) is 10.0 Å². The highest BCUT2D eigenvalue weighted by Gasteiger charge is 2.47. The number of hydrogen-bond acceptors (Lipinski definition) is 5. The lowest BCUT2D eigenvalue weighted by molar-refractivity contribution is -0.299. The molecule has 30 heavy (non-hydrogen) atoms. The average Bonchev–Trinajstić information content (AvgIpc) is 2.66. The van der Waals surface area contributed by atoms with E-state index in [1.165, 1.54) is 0 Å². The van der Waals surface area contributed by atoms with Crippen molar-refractivity contribution < 1.29 is 14.7 Å². The molecule has 1 unspecified atom stereocenters. The molecule has 1 radical (unpaired) electrons. The van der Waals surface area contributed by atoms with Crippen molar-refractivity contribution in [3.63, 3.8) is 0 Å². The Morgan fingerprint density at radius 1 is 1.13 bits per heavy atom. The molecule has 1 aromatic rings. The number of esters is 1. The van der Waals surface area contributed by atoms with Gasteiger partial charge in [-0.05, 0) is 51.8 Å². The van der Waals surface area contributed by atoms with E-state index >= 15 is 0 Å². The minimum Gasteiger partial charge on any atom is -0.461 e. The smallest absolute Gasteiger partial charge is 0.323 e. The van der Waals surface area contributed by atoms with Crippen LogP contribution in [0.3, 0.4) is 0 Å². The lowest BCUT2D eigenvalue weighted by Gasteiger charge is -2.49. The Hall–Kier alpha value is -1.05. The fraction of sp³-hybridized carbons (Fsp3) is 0.682. The van der Waals surface area contributed by atoms with Crippen LogP contribution in [-0.2, 0) is 21.2 Å². The number of piperidine rings is 1. The van der Waals surface area contributed by atoms with Crippen LogP contribution in [0.1, 0.15) is 46.1 Å². The van der Waals surface area contributed by atoms with E-state index in [2.05, 4.69) is 4.90 Å². The summed E-state index contributed by atoms with van der Waals surface area (Å²) in [5.74, 6) is 0.614. The molecule has 1 fully saturated rings. The van der Waals surface area contributed by atoms with E-state index in [0.29, 0.717) is 44.1 Å². The lowest BCUT2D eigenvalue weighted by atomic mass is 9.80. The van der Waals surface area contributed by atoms with Gasteiger partial charge in [0.05, 0.1) is 0 Å². The van der Waals surface area contributed by atoms with Crippen molar-refractivity contribution in [1.82, 2.24) is 5.06 Å². The third kappa shape index (κ3) is 6.47. The molecule has 1 atom stereocenters. The highest BCUT2D eigenvalue weighted by molar-refractivity contribution is 6.18. The first kappa shape index (κ1) is 25.2. The van der Waals surface area contributed by atoms with Gasteiger partial charge < -0.3 is 15.4 Å². The van der Waals surface area contributed by atoms with Crippen LogP contribution in [0.4, 0.5) is 5.69 Å². The van der Waals surface area contributed by atoms with Gasteiger partial charge in [-0.25, -0.2) is 0 Å². The maximum Gasteiger partial charge on any atom is 0.323 e. The molecule has 0 aliphatic carbocycles. The zero-order chi connectivity index (χ0) is 22.5. The number of anilines is 1.